The normalized spacial score (nSPS) is 21.2. The van der Waals surface area contributed by atoms with Gasteiger partial charge in [-0.05, 0) is 50.9 Å². The first kappa shape index (κ1) is 17.6. The van der Waals surface area contributed by atoms with E-state index in [2.05, 4.69) is 11.9 Å². The molecule has 1 amide bonds. The second-order valence-electron chi connectivity index (χ2n) is 6.75. The SMILES string of the molecule is CN1CCC(OC2CCN(C(=O)c3ccc(F)cc3Cl)CC2)CC1. The Morgan fingerprint density at radius 1 is 1.12 bits per heavy atom. The minimum Gasteiger partial charge on any atom is -0.375 e. The molecule has 4 nitrogen and oxygen atoms in total. The van der Waals surface area contributed by atoms with Crippen LogP contribution in [0.3, 0.4) is 0 Å². The van der Waals surface area contributed by atoms with Crippen LogP contribution in [0.15, 0.2) is 18.2 Å². The highest BCUT2D eigenvalue weighted by Crippen LogP contribution is 2.24. The molecule has 2 fully saturated rings. The minimum atomic E-state index is -0.429. The smallest absolute Gasteiger partial charge is 0.255 e. The van der Waals surface area contributed by atoms with E-state index in [9.17, 15) is 9.18 Å². The molecule has 0 aromatic heterocycles. The van der Waals surface area contributed by atoms with Crippen molar-refractivity contribution in [3.8, 4) is 0 Å². The van der Waals surface area contributed by atoms with E-state index in [0.29, 0.717) is 24.8 Å². The predicted octanol–water partition coefficient (Wildman–Crippen LogP) is 3.19. The van der Waals surface area contributed by atoms with Gasteiger partial charge in [0.05, 0.1) is 22.8 Å². The molecule has 1 aromatic carbocycles. The number of amides is 1. The molecule has 6 heteroatoms. The van der Waals surface area contributed by atoms with Gasteiger partial charge >= 0.3 is 0 Å². The second kappa shape index (κ2) is 7.81. The first-order valence-electron chi connectivity index (χ1n) is 8.61. The molecule has 0 radical (unpaired) electrons. The Hall–Kier alpha value is -1.17. The van der Waals surface area contributed by atoms with Gasteiger partial charge in [-0.1, -0.05) is 11.6 Å². The average molecular weight is 355 g/mol. The Balaban J connectivity index is 1.50. The summed E-state index contributed by atoms with van der Waals surface area (Å²) in [5, 5.41) is 0.171. The summed E-state index contributed by atoms with van der Waals surface area (Å²) in [4.78, 5) is 16.6. The van der Waals surface area contributed by atoms with Crippen LogP contribution >= 0.6 is 11.6 Å². The quantitative estimate of drug-likeness (QED) is 0.835. The van der Waals surface area contributed by atoms with Gasteiger partial charge in [0, 0.05) is 26.2 Å². The van der Waals surface area contributed by atoms with Crippen molar-refractivity contribution in [2.45, 2.75) is 37.9 Å². The van der Waals surface area contributed by atoms with Crippen LogP contribution in [0, 0.1) is 5.82 Å². The molecule has 3 rings (SSSR count). The minimum absolute atomic E-state index is 0.127. The van der Waals surface area contributed by atoms with Gasteiger partial charge in [-0.25, -0.2) is 4.39 Å². The third kappa shape index (κ3) is 4.26. The Labute approximate surface area is 147 Å². The van der Waals surface area contributed by atoms with E-state index in [1.807, 2.05) is 0 Å². The fraction of sp³-hybridized carbons (Fsp3) is 0.611. The summed E-state index contributed by atoms with van der Waals surface area (Å²) in [6.07, 6.45) is 4.43. The molecule has 0 spiro atoms. The topological polar surface area (TPSA) is 32.8 Å². The Kier molecular flexibility index (Phi) is 5.74. The monoisotopic (exact) mass is 354 g/mol. The van der Waals surface area contributed by atoms with Gasteiger partial charge in [0.2, 0.25) is 0 Å². The summed E-state index contributed by atoms with van der Waals surface area (Å²) in [5.74, 6) is -0.556. The molecule has 2 heterocycles. The molecule has 0 N–H and O–H groups in total. The lowest BCUT2D eigenvalue weighted by Gasteiger charge is -2.36. The number of nitrogens with zero attached hydrogens (tertiary/aromatic N) is 2. The predicted molar refractivity (Wildman–Crippen MR) is 91.9 cm³/mol. The van der Waals surface area contributed by atoms with Gasteiger partial charge in [0.25, 0.3) is 5.91 Å². The second-order valence-corrected chi connectivity index (χ2v) is 7.16. The lowest BCUT2D eigenvalue weighted by molar-refractivity contribution is -0.0599. The van der Waals surface area contributed by atoms with Crippen LogP contribution in [0.4, 0.5) is 4.39 Å². The number of rotatable bonds is 3. The molecule has 24 heavy (non-hydrogen) atoms. The van der Waals surface area contributed by atoms with Crippen LogP contribution < -0.4 is 0 Å². The molecule has 132 valence electrons. The van der Waals surface area contributed by atoms with Gasteiger partial charge in [-0.15, -0.1) is 0 Å². The van der Waals surface area contributed by atoms with Crippen molar-refractivity contribution in [3.63, 3.8) is 0 Å². The van der Waals surface area contributed by atoms with Crippen molar-refractivity contribution >= 4 is 17.5 Å². The summed E-state index contributed by atoms with van der Waals surface area (Å²) < 4.78 is 19.3. The van der Waals surface area contributed by atoms with Gasteiger partial charge in [-0.2, -0.15) is 0 Å². The van der Waals surface area contributed by atoms with Crippen LogP contribution in [0.25, 0.3) is 0 Å². The van der Waals surface area contributed by atoms with Crippen molar-refractivity contribution in [2.24, 2.45) is 0 Å². The molecule has 0 unspecified atom stereocenters. The van der Waals surface area contributed by atoms with E-state index < -0.39 is 5.82 Å². The van der Waals surface area contributed by atoms with Crippen molar-refractivity contribution < 1.29 is 13.9 Å². The van der Waals surface area contributed by atoms with Crippen LogP contribution in [-0.2, 0) is 4.74 Å². The van der Waals surface area contributed by atoms with Crippen molar-refractivity contribution in [1.82, 2.24) is 9.80 Å². The van der Waals surface area contributed by atoms with Crippen LogP contribution in [0.5, 0.6) is 0 Å². The summed E-state index contributed by atoms with van der Waals surface area (Å²) in [5.41, 5.74) is 0.368. The van der Waals surface area contributed by atoms with E-state index in [1.165, 1.54) is 18.2 Å². The number of benzene rings is 1. The molecular formula is C18H24ClFN2O2. The molecule has 2 aliphatic heterocycles. The Morgan fingerprint density at radius 3 is 2.29 bits per heavy atom. The van der Waals surface area contributed by atoms with Gasteiger partial charge in [0.1, 0.15) is 5.82 Å². The summed E-state index contributed by atoms with van der Waals surface area (Å²) in [6.45, 7) is 3.49. The zero-order chi connectivity index (χ0) is 17.1. The third-order valence-corrected chi connectivity index (χ3v) is 5.25. The van der Waals surface area contributed by atoms with Crippen molar-refractivity contribution in [3.05, 3.63) is 34.6 Å². The third-order valence-electron chi connectivity index (χ3n) is 4.94. The fourth-order valence-electron chi connectivity index (χ4n) is 3.42. The number of piperidine rings is 2. The first-order valence-corrected chi connectivity index (χ1v) is 8.99. The standard InChI is InChI=1S/C18H24ClFN2O2/c1-21-8-4-14(5-9-21)24-15-6-10-22(11-7-15)18(23)16-3-2-13(20)12-17(16)19/h2-3,12,14-15H,4-11H2,1H3. The largest absolute Gasteiger partial charge is 0.375 e. The number of hydrogen-bond acceptors (Lipinski definition) is 3. The molecule has 1 aromatic rings. The lowest BCUT2D eigenvalue weighted by atomic mass is 10.0. The molecule has 0 aliphatic carbocycles. The zero-order valence-corrected chi connectivity index (χ0v) is 14.8. The van der Waals surface area contributed by atoms with Gasteiger partial charge < -0.3 is 14.5 Å². The molecule has 2 saturated heterocycles. The van der Waals surface area contributed by atoms with E-state index in [1.54, 1.807) is 4.90 Å². The highest BCUT2D eigenvalue weighted by atomic mass is 35.5. The van der Waals surface area contributed by atoms with Crippen LogP contribution in [0.2, 0.25) is 5.02 Å². The van der Waals surface area contributed by atoms with Crippen LogP contribution in [-0.4, -0.2) is 61.1 Å². The van der Waals surface area contributed by atoms with E-state index in [0.717, 1.165) is 38.8 Å². The zero-order valence-electron chi connectivity index (χ0n) is 14.0. The number of carbonyl (C=O) groups is 1. The van der Waals surface area contributed by atoms with Crippen molar-refractivity contribution in [2.75, 3.05) is 33.2 Å². The maximum absolute atomic E-state index is 13.1. The van der Waals surface area contributed by atoms with Gasteiger partial charge in [0.15, 0.2) is 0 Å². The number of carbonyl (C=O) groups excluding carboxylic acids is 1. The van der Waals surface area contributed by atoms with E-state index in [-0.39, 0.29) is 17.0 Å². The molecular weight excluding hydrogens is 331 g/mol. The number of hydrogen-bond donors (Lipinski definition) is 0. The van der Waals surface area contributed by atoms with E-state index >= 15 is 0 Å². The van der Waals surface area contributed by atoms with E-state index in [4.69, 9.17) is 16.3 Å². The highest BCUT2D eigenvalue weighted by Gasteiger charge is 2.28. The maximum Gasteiger partial charge on any atom is 0.255 e. The lowest BCUT2D eigenvalue weighted by Crippen LogP contribution is -2.43. The molecule has 2 aliphatic rings. The fourth-order valence-corrected chi connectivity index (χ4v) is 3.67. The van der Waals surface area contributed by atoms with Crippen molar-refractivity contribution in [1.29, 1.82) is 0 Å². The maximum atomic E-state index is 13.1. The summed E-state index contributed by atoms with van der Waals surface area (Å²) in [6, 6.07) is 3.92. The molecule has 0 bridgehead atoms. The average Bonchev–Trinajstić information content (AvgIpc) is 2.57. The summed E-state index contributed by atoms with van der Waals surface area (Å²) in [7, 11) is 2.14. The van der Waals surface area contributed by atoms with Gasteiger partial charge in [-0.3, -0.25) is 4.79 Å². The number of likely N-dealkylation sites (tertiary alicyclic amines) is 2. The molecule has 0 atom stereocenters. The first-order chi connectivity index (χ1) is 11.5. The highest BCUT2D eigenvalue weighted by molar-refractivity contribution is 6.33. The van der Waals surface area contributed by atoms with Crippen LogP contribution in [0.1, 0.15) is 36.0 Å². The number of ether oxygens (including phenoxy) is 1. The Bertz CT molecular complexity index is 582. The molecule has 0 saturated carbocycles. The number of halogens is 2. The Morgan fingerprint density at radius 2 is 1.71 bits per heavy atom. The summed E-state index contributed by atoms with van der Waals surface area (Å²) >= 11 is 6.00.